The lowest BCUT2D eigenvalue weighted by atomic mass is 10.2. The van der Waals surface area contributed by atoms with Crippen LogP contribution in [0.25, 0.3) is 16.3 Å². The summed E-state index contributed by atoms with van der Waals surface area (Å²) in [5.41, 5.74) is 3.20. The first-order valence-electron chi connectivity index (χ1n) is 8.54. The van der Waals surface area contributed by atoms with Crippen LogP contribution in [0, 0.1) is 0 Å². The predicted octanol–water partition coefficient (Wildman–Crippen LogP) is 3.61. The lowest BCUT2D eigenvalue weighted by Gasteiger charge is -2.15. The molecule has 0 saturated carbocycles. The van der Waals surface area contributed by atoms with Gasteiger partial charge in [-0.05, 0) is 23.6 Å². The Morgan fingerprint density at radius 2 is 1.96 bits per heavy atom. The summed E-state index contributed by atoms with van der Waals surface area (Å²) in [6, 6.07) is 13.8. The number of hydrogen-bond donors (Lipinski definition) is 0. The lowest BCUT2D eigenvalue weighted by Crippen LogP contribution is -2.26. The Balaban J connectivity index is 1.69. The molecule has 0 bridgehead atoms. The number of aromatic nitrogens is 4. The summed E-state index contributed by atoms with van der Waals surface area (Å²) in [5.74, 6) is -0.0653. The third-order valence-corrected chi connectivity index (χ3v) is 5.12. The lowest BCUT2D eigenvalue weighted by molar-refractivity contribution is 0.0786. The normalized spacial score (nSPS) is 10.9. The fourth-order valence-corrected chi connectivity index (χ4v) is 3.67. The standard InChI is InChI=1S/C20H19N5OS/c1-23(12-15-11-21-24(2)13-15)20(26)17-14-25(16-7-4-3-5-8-16)22-19(17)18-9-6-10-27-18/h3-11,13-14H,12H2,1-2H3. The smallest absolute Gasteiger partial charge is 0.257 e. The molecule has 0 radical (unpaired) electrons. The van der Waals surface area contributed by atoms with Gasteiger partial charge in [0, 0.05) is 38.6 Å². The number of hydrogen-bond acceptors (Lipinski definition) is 4. The van der Waals surface area contributed by atoms with Crippen molar-refractivity contribution in [3.63, 3.8) is 0 Å². The van der Waals surface area contributed by atoms with E-state index in [1.807, 2.05) is 67.3 Å². The highest BCUT2D eigenvalue weighted by atomic mass is 32.1. The summed E-state index contributed by atoms with van der Waals surface area (Å²) in [6.45, 7) is 0.493. The maximum absolute atomic E-state index is 13.2. The van der Waals surface area contributed by atoms with E-state index in [9.17, 15) is 4.79 Å². The van der Waals surface area contributed by atoms with E-state index in [1.165, 1.54) is 0 Å². The van der Waals surface area contributed by atoms with Gasteiger partial charge in [0.25, 0.3) is 5.91 Å². The van der Waals surface area contributed by atoms with Crippen LogP contribution >= 0.6 is 11.3 Å². The SMILES string of the molecule is CN(Cc1cnn(C)c1)C(=O)c1cn(-c2ccccc2)nc1-c1cccs1. The van der Waals surface area contributed by atoms with Gasteiger partial charge in [-0.15, -0.1) is 11.3 Å². The van der Waals surface area contributed by atoms with Crippen molar-refractivity contribution < 1.29 is 4.79 Å². The first kappa shape index (κ1) is 17.2. The Morgan fingerprint density at radius 3 is 2.63 bits per heavy atom. The topological polar surface area (TPSA) is 56.0 Å². The molecule has 4 rings (SSSR count). The summed E-state index contributed by atoms with van der Waals surface area (Å²) in [6.07, 6.45) is 5.50. The predicted molar refractivity (Wildman–Crippen MR) is 106 cm³/mol. The zero-order chi connectivity index (χ0) is 18.8. The minimum Gasteiger partial charge on any atom is -0.337 e. The molecule has 3 aromatic heterocycles. The Labute approximate surface area is 161 Å². The molecule has 27 heavy (non-hydrogen) atoms. The van der Waals surface area contributed by atoms with Gasteiger partial charge in [0.15, 0.2) is 0 Å². The molecule has 0 unspecified atom stereocenters. The summed E-state index contributed by atoms with van der Waals surface area (Å²) in [4.78, 5) is 15.8. The average molecular weight is 377 g/mol. The zero-order valence-corrected chi connectivity index (χ0v) is 15.9. The molecule has 0 fully saturated rings. The molecule has 1 amide bonds. The molecule has 0 aliphatic heterocycles. The van der Waals surface area contributed by atoms with Gasteiger partial charge in [-0.3, -0.25) is 9.48 Å². The van der Waals surface area contributed by atoms with Gasteiger partial charge in [0.1, 0.15) is 5.69 Å². The van der Waals surface area contributed by atoms with E-state index in [2.05, 4.69) is 5.10 Å². The molecule has 3 heterocycles. The van der Waals surface area contributed by atoms with E-state index in [-0.39, 0.29) is 5.91 Å². The number of nitrogens with zero attached hydrogens (tertiary/aromatic N) is 5. The molecule has 0 atom stereocenters. The van der Waals surface area contributed by atoms with Crippen LogP contribution in [0.4, 0.5) is 0 Å². The van der Waals surface area contributed by atoms with Crippen LogP contribution in [-0.2, 0) is 13.6 Å². The number of carbonyl (C=O) groups excluding carboxylic acids is 1. The van der Waals surface area contributed by atoms with Crippen LogP contribution in [-0.4, -0.2) is 37.4 Å². The Bertz CT molecular complexity index is 1050. The second kappa shape index (κ2) is 7.20. The first-order chi connectivity index (χ1) is 13.1. The highest BCUT2D eigenvalue weighted by molar-refractivity contribution is 7.13. The molecule has 4 aromatic rings. The van der Waals surface area contributed by atoms with E-state index in [0.717, 1.165) is 16.1 Å². The number of benzene rings is 1. The highest BCUT2D eigenvalue weighted by Crippen LogP contribution is 2.28. The first-order valence-corrected chi connectivity index (χ1v) is 9.42. The maximum atomic E-state index is 13.2. The molecule has 0 saturated heterocycles. The number of thiophene rings is 1. The summed E-state index contributed by atoms with van der Waals surface area (Å²) in [5, 5.41) is 10.9. The number of para-hydroxylation sites is 1. The summed E-state index contributed by atoms with van der Waals surface area (Å²) >= 11 is 1.58. The van der Waals surface area contributed by atoms with Crippen LogP contribution in [0.2, 0.25) is 0 Å². The minimum absolute atomic E-state index is 0.0653. The van der Waals surface area contributed by atoms with Gasteiger partial charge in [0.2, 0.25) is 0 Å². The molecule has 0 aliphatic carbocycles. The average Bonchev–Trinajstić information content (AvgIpc) is 3.42. The van der Waals surface area contributed by atoms with Gasteiger partial charge in [-0.2, -0.15) is 10.2 Å². The molecular formula is C20H19N5OS. The maximum Gasteiger partial charge on any atom is 0.257 e. The van der Waals surface area contributed by atoms with Crippen molar-refractivity contribution in [2.24, 2.45) is 7.05 Å². The highest BCUT2D eigenvalue weighted by Gasteiger charge is 2.22. The van der Waals surface area contributed by atoms with Crippen LogP contribution in [0.1, 0.15) is 15.9 Å². The van der Waals surface area contributed by atoms with Crippen LogP contribution < -0.4 is 0 Å². The van der Waals surface area contributed by atoms with Crippen molar-refractivity contribution in [1.29, 1.82) is 0 Å². The van der Waals surface area contributed by atoms with E-state index in [4.69, 9.17) is 5.10 Å². The summed E-state index contributed by atoms with van der Waals surface area (Å²) in [7, 11) is 3.66. The molecular weight excluding hydrogens is 358 g/mol. The Morgan fingerprint density at radius 1 is 1.15 bits per heavy atom. The number of aryl methyl sites for hydroxylation is 1. The van der Waals surface area contributed by atoms with Crippen molar-refractivity contribution in [2.75, 3.05) is 7.05 Å². The molecule has 136 valence electrons. The molecule has 0 spiro atoms. The Hall–Kier alpha value is -3.19. The number of carbonyl (C=O) groups is 1. The Kier molecular flexibility index (Phi) is 4.60. The quantitative estimate of drug-likeness (QED) is 0.534. The third-order valence-electron chi connectivity index (χ3n) is 4.24. The van der Waals surface area contributed by atoms with Crippen molar-refractivity contribution in [1.82, 2.24) is 24.5 Å². The van der Waals surface area contributed by atoms with Crippen molar-refractivity contribution in [2.45, 2.75) is 6.54 Å². The number of amides is 1. The van der Waals surface area contributed by atoms with Gasteiger partial charge in [0.05, 0.1) is 22.3 Å². The van der Waals surface area contributed by atoms with Crippen molar-refractivity contribution in [3.8, 4) is 16.3 Å². The minimum atomic E-state index is -0.0653. The van der Waals surface area contributed by atoms with Crippen molar-refractivity contribution >= 4 is 17.2 Å². The molecule has 6 nitrogen and oxygen atoms in total. The van der Waals surface area contributed by atoms with Crippen LogP contribution in [0.3, 0.4) is 0 Å². The summed E-state index contributed by atoms with van der Waals surface area (Å²) < 4.78 is 3.50. The van der Waals surface area contributed by atoms with Gasteiger partial charge < -0.3 is 4.90 Å². The molecule has 1 aromatic carbocycles. The second-order valence-corrected chi connectivity index (χ2v) is 7.28. The number of rotatable bonds is 5. The van der Waals surface area contributed by atoms with E-state index < -0.39 is 0 Å². The largest absolute Gasteiger partial charge is 0.337 e. The van der Waals surface area contributed by atoms with Gasteiger partial charge in [-0.25, -0.2) is 4.68 Å². The van der Waals surface area contributed by atoms with E-state index in [0.29, 0.717) is 17.8 Å². The zero-order valence-electron chi connectivity index (χ0n) is 15.1. The molecule has 7 heteroatoms. The fourth-order valence-electron chi connectivity index (χ4n) is 2.94. The van der Waals surface area contributed by atoms with Gasteiger partial charge in [-0.1, -0.05) is 24.3 Å². The van der Waals surface area contributed by atoms with E-state index >= 15 is 0 Å². The van der Waals surface area contributed by atoms with Crippen molar-refractivity contribution in [3.05, 3.63) is 77.6 Å². The molecule has 0 N–H and O–H groups in total. The van der Waals surface area contributed by atoms with Gasteiger partial charge >= 0.3 is 0 Å². The van der Waals surface area contributed by atoms with Crippen LogP contribution in [0.5, 0.6) is 0 Å². The second-order valence-electron chi connectivity index (χ2n) is 6.33. The van der Waals surface area contributed by atoms with Crippen LogP contribution in [0.15, 0.2) is 66.4 Å². The fraction of sp³-hybridized carbons (Fsp3) is 0.150. The van der Waals surface area contributed by atoms with E-state index in [1.54, 1.807) is 38.8 Å². The molecule has 0 aliphatic rings. The third kappa shape index (κ3) is 3.54. The monoisotopic (exact) mass is 377 g/mol.